The first kappa shape index (κ1) is 19.6. The van der Waals surface area contributed by atoms with E-state index in [1.807, 2.05) is 36.4 Å². The summed E-state index contributed by atoms with van der Waals surface area (Å²) in [5.74, 6) is 0.309. The van der Waals surface area contributed by atoms with Crippen molar-refractivity contribution in [2.45, 2.75) is 18.0 Å². The minimum Gasteiger partial charge on any atom is -0.324 e. The average Bonchev–Trinajstić information content (AvgIpc) is 3.35. The van der Waals surface area contributed by atoms with E-state index in [1.165, 1.54) is 21.5 Å². The fourth-order valence-corrected chi connectivity index (χ4v) is 4.77. The number of para-hydroxylation sites is 1. The first-order valence-electron chi connectivity index (χ1n) is 8.40. The molecule has 3 rings (SSSR count). The van der Waals surface area contributed by atoms with Crippen molar-refractivity contribution in [1.82, 2.24) is 4.90 Å². The molecule has 138 valence electrons. The molecule has 4 nitrogen and oxygen atoms in total. The third-order valence-corrected chi connectivity index (χ3v) is 6.40. The number of carbonyl (C=O) groups excluding carboxylic acids is 1. The summed E-state index contributed by atoms with van der Waals surface area (Å²) in [5, 5.41) is 15.9. The summed E-state index contributed by atoms with van der Waals surface area (Å²) in [5.41, 5.74) is 0.759. The van der Waals surface area contributed by atoms with Crippen LogP contribution in [0.3, 0.4) is 0 Å². The Bertz CT molecular complexity index is 849. The van der Waals surface area contributed by atoms with Crippen LogP contribution in [0.2, 0.25) is 0 Å². The first-order chi connectivity index (χ1) is 13.2. The number of anilines is 1. The lowest BCUT2D eigenvalue weighted by Crippen LogP contribution is -2.32. The van der Waals surface area contributed by atoms with Crippen molar-refractivity contribution in [3.05, 3.63) is 69.0 Å². The van der Waals surface area contributed by atoms with Crippen LogP contribution >= 0.6 is 34.4 Å². The van der Waals surface area contributed by atoms with Gasteiger partial charge in [-0.2, -0.15) is 5.26 Å². The van der Waals surface area contributed by atoms with Crippen molar-refractivity contribution in [3.8, 4) is 6.07 Å². The third kappa shape index (κ3) is 6.22. The number of amides is 1. The molecule has 1 aromatic carbocycles. The predicted molar refractivity (Wildman–Crippen MR) is 114 cm³/mol. The molecule has 2 aromatic heterocycles. The van der Waals surface area contributed by atoms with E-state index in [1.54, 1.807) is 22.7 Å². The number of nitrogens with one attached hydrogen (secondary N) is 1. The van der Waals surface area contributed by atoms with Gasteiger partial charge in [0.15, 0.2) is 0 Å². The number of nitriles is 1. The topological polar surface area (TPSA) is 56.1 Å². The average molecular weight is 414 g/mol. The molecule has 0 saturated carbocycles. The molecule has 1 N–H and O–H groups in total. The Morgan fingerprint density at radius 1 is 1.04 bits per heavy atom. The van der Waals surface area contributed by atoms with E-state index in [0.29, 0.717) is 12.3 Å². The highest BCUT2D eigenvalue weighted by atomic mass is 32.2. The normalized spacial score (nSPS) is 10.7. The summed E-state index contributed by atoms with van der Waals surface area (Å²) in [6, 6.07) is 18.0. The Hall–Kier alpha value is -2.11. The quantitative estimate of drug-likeness (QED) is 0.498. The van der Waals surface area contributed by atoms with Gasteiger partial charge in [0.25, 0.3) is 0 Å². The lowest BCUT2D eigenvalue weighted by Gasteiger charge is -2.21. The molecule has 0 aliphatic heterocycles. The van der Waals surface area contributed by atoms with E-state index in [-0.39, 0.29) is 5.91 Å². The Morgan fingerprint density at radius 2 is 1.70 bits per heavy atom. The standard InChI is InChI=1S/C20H19N3OS3/c21-9-12-27-19-8-2-1-7-18(19)22-20(24)15-23(13-16-5-3-10-25-16)14-17-6-4-11-26-17/h1-8,10-11H,12-15H2,(H,22,24). The first-order valence-corrected chi connectivity index (χ1v) is 11.1. The number of thiophene rings is 2. The summed E-state index contributed by atoms with van der Waals surface area (Å²) >= 11 is 4.83. The zero-order valence-electron chi connectivity index (χ0n) is 14.6. The highest BCUT2D eigenvalue weighted by Crippen LogP contribution is 2.26. The molecular formula is C20H19N3OS3. The molecule has 0 radical (unpaired) electrons. The fourth-order valence-electron chi connectivity index (χ4n) is 2.61. The van der Waals surface area contributed by atoms with Crippen LogP contribution in [0.1, 0.15) is 9.75 Å². The van der Waals surface area contributed by atoms with E-state index in [9.17, 15) is 4.79 Å². The highest BCUT2D eigenvalue weighted by Gasteiger charge is 2.14. The number of carbonyl (C=O) groups is 1. The molecule has 27 heavy (non-hydrogen) atoms. The number of thioether (sulfide) groups is 1. The smallest absolute Gasteiger partial charge is 0.238 e. The van der Waals surface area contributed by atoms with Crippen LogP contribution in [0.15, 0.2) is 64.2 Å². The molecule has 2 heterocycles. The largest absolute Gasteiger partial charge is 0.324 e. The van der Waals surface area contributed by atoms with Crippen molar-refractivity contribution >= 4 is 46.0 Å². The van der Waals surface area contributed by atoms with E-state index in [0.717, 1.165) is 23.7 Å². The predicted octanol–water partition coefficient (Wildman–Crippen LogP) is 5.07. The highest BCUT2D eigenvalue weighted by molar-refractivity contribution is 7.99. The zero-order valence-corrected chi connectivity index (χ0v) is 17.1. The molecule has 3 aromatic rings. The van der Waals surface area contributed by atoms with Gasteiger partial charge in [-0.1, -0.05) is 24.3 Å². The van der Waals surface area contributed by atoms with Gasteiger partial charge in [0.1, 0.15) is 0 Å². The maximum Gasteiger partial charge on any atom is 0.238 e. The van der Waals surface area contributed by atoms with Crippen LogP contribution in [0.5, 0.6) is 0 Å². The number of benzene rings is 1. The Kier molecular flexibility index (Phi) is 7.48. The second kappa shape index (κ2) is 10.3. The summed E-state index contributed by atoms with van der Waals surface area (Å²) in [4.78, 5) is 18.2. The molecular weight excluding hydrogens is 394 g/mol. The lowest BCUT2D eigenvalue weighted by atomic mass is 10.3. The molecule has 1 amide bonds. The molecule has 0 spiro atoms. The van der Waals surface area contributed by atoms with E-state index in [4.69, 9.17) is 5.26 Å². The van der Waals surface area contributed by atoms with Crippen LogP contribution < -0.4 is 5.32 Å². The molecule has 7 heteroatoms. The van der Waals surface area contributed by atoms with Gasteiger partial charge < -0.3 is 5.32 Å². The minimum absolute atomic E-state index is 0.0480. The van der Waals surface area contributed by atoms with E-state index >= 15 is 0 Å². The Balaban J connectivity index is 1.66. The van der Waals surface area contributed by atoms with Crippen molar-refractivity contribution in [3.63, 3.8) is 0 Å². The SMILES string of the molecule is N#CCSc1ccccc1NC(=O)CN(Cc1cccs1)Cc1cccs1. The van der Waals surface area contributed by atoms with Gasteiger partial charge in [-0.25, -0.2) is 0 Å². The van der Waals surface area contributed by atoms with Gasteiger partial charge in [0.05, 0.1) is 24.1 Å². The monoisotopic (exact) mass is 413 g/mol. The van der Waals surface area contributed by atoms with Gasteiger partial charge in [-0.05, 0) is 35.0 Å². The second-order valence-corrected chi connectivity index (χ2v) is 8.88. The molecule has 0 unspecified atom stereocenters. The molecule has 0 bridgehead atoms. The van der Waals surface area contributed by atoms with Gasteiger partial charge in [0, 0.05) is 27.7 Å². The number of rotatable bonds is 9. The van der Waals surface area contributed by atoms with Crippen molar-refractivity contribution in [2.75, 3.05) is 17.6 Å². The van der Waals surface area contributed by atoms with Crippen LogP contribution in [0, 0.1) is 11.3 Å². The molecule has 0 aliphatic carbocycles. The van der Waals surface area contributed by atoms with Crippen LogP contribution in [0.4, 0.5) is 5.69 Å². The molecule has 0 atom stereocenters. The summed E-state index contributed by atoms with van der Waals surface area (Å²) < 4.78 is 0. The third-order valence-electron chi connectivity index (χ3n) is 3.74. The van der Waals surface area contributed by atoms with Gasteiger partial charge in [0.2, 0.25) is 5.91 Å². The van der Waals surface area contributed by atoms with Crippen molar-refractivity contribution in [2.24, 2.45) is 0 Å². The Morgan fingerprint density at radius 3 is 2.30 bits per heavy atom. The van der Waals surface area contributed by atoms with Crippen LogP contribution in [-0.4, -0.2) is 23.1 Å². The summed E-state index contributed by atoms with van der Waals surface area (Å²) in [7, 11) is 0. The summed E-state index contributed by atoms with van der Waals surface area (Å²) in [6.45, 7) is 1.80. The van der Waals surface area contributed by atoms with Gasteiger partial charge >= 0.3 is 0 Å². The van der Waals surface area contributed by atoms with E-state index in [2.05, 4.69) is 39.2 Å². The van der Waals surface area contributed by atoms with Gasteiger partial charge in [-0.15, -0.1) is 34.4 Å². The van der Waals surface area contributed by atoms with Crippen LogP contribution in [-0.2, 0) is 17.9 Å². The maximum atomic E-state index is 12.7. The second-order valence-electron chi connectivity index (χ2n) is 5.80. The van der Waals surface area contributed by atoms with Crippen LogP contribution in [0.25, 0.3) is 0 Å². The number of nitrogens with zero attached hydrogens (tertiary/aromatic N) is 2. The molecule has 0 saturated heterocycles. The summed E-state index contributed by atoms with van der Waals surface area (Å²) in [6.07, 6.45) is 0. The zero-order chi connectivity index (χ0) is 18.9. The number of hydrogen-bond donors (Lipinski definition) is 1. The molecule has 0 fully saturated rings. The molecule has 0 aliphatic rings. The minimum atomic E-state index is -0.0480. The fraction of sp³-hybridized carbons (Fsp3) is 0.200. The van der Waals surface area contributed by atoms with Gasteiger partial charge in [-0.3, -0.25) is 9.69 Å². The maximum absolute atomic E-state index is 12.7. The van der Waals surface area contributed by atoms with Crippen molar-refractivity contribution < 1.29 is 4.79 Å². The lowest BCUT2D eigenvalue weighted by molar-refractivity contribution is -0.117. The number of hydrogen-bond acceptors (Lipinski definition) is 6. The van der Waals surface area contributed by atoms with E-state index < -0.39 is 0 Å². The van der Waals surface area contributed by atoms with Crippen molar-refractivity contribution in [1.29, 1.82) is 5.26 Å². The Labute approximate surface area is 171 Å².